The van der Waals surface area contributed by atoms with Gasteiger partial charge in [-0.25, -0.2) is 9.78 Å². The Kier molecular flexibility index (Phi) is 7.41. The molecule has 2 aromatic heterocycles. The summed E-state index contributed by atoms with van der Waals surface area (Å²) in [7, 11) is 2.08. The quantitative estimate of drug-likeness (QED) is 0.591. The van der Waals surface area contributed by atoms with Gasteiger partial charge in [0.25, 0.3) is 0 Å². The predicted octanol–water partition coefficient (Wildman–Crippen LogP) is 2.49. The molecule has 0 aromatic carbocycles. The van der Waals surface area contributed by atoms with Crippen molar-refractivity contribution in [3.05, 3.63) is 41.2 Å². The first-order valence-electron chi connectivity index (χ1n) is 9.22. The number of pyridine rings is 1. The number of aromatic carboxylic acids is 1. The lowest BCUT2D eigenvalue weighted by molar-refractivity contribution is -0.128. The molecule has 0 radical (unpaired) electrons. The Morgan fingerprint density at radius 1 is 1.46 bits per heavy atom. The number of carboxylic acid groups (broad SMARTS) is 1. The number of aromatic nitrogens is 2. The molecule has 0 aliphatic carbocycles. The lowest BCUT2D eigenvalue weighted by Gasteiger charge is -2.28. The van der Waals surface area contributed by atoms with Crippen LogP contribution in [0.5, 0.6) is 0 Å². The topological polar surface area (TPSA) is 86.6 Å². The lowest BCUT2D eigenvalue weighted by atomic mass is 10.2. The Bertz CT molecular complexity index is 799. The number of thioether (sulfide) groups is 1. The van der Waals surface area contributed by atoms with Gasteiger partial charge in [-0.1, -0.05) is 17.8 Å². The second-order valence-corrected chi connectivity index (χ2v) is 8.97. The summed E-state index contributed by atoms with van der Waals surface area (Å²) < 4.78 is 0.730. The van der Waals surface area contributed by atoms with Crippen molar-refractivity contribution in [2.75, 3.05) is 32.4 Å². The third-order valence-corrected chi connectivity index (χ3v) is 6.71. The van der Waals surface area contributed by atoms with Gasteiger partial charge in [-0.15, -0.1) is 11.3 Å². The van der Waals surface area contributed by atoms with Gasteiger partial charge in [-0.2, -0.15) is 0 Å². The number of thiazole rings is 1. The van der Waals surface area contributed by atoms with Crippen LogP contribution in [0.3, 0.4) is 0 Å². The van der Waals surface area contributed by atoms with Crippen LogP contribution in [0.25, 0.3) is 0 Å². The van der Waals surface area contributed by atoms with Gasteiger partial charge in [-0.05, 0) is 25.6 Å². The minimum absolute atomic E-state index is 0.0807. The summed E-state index contributed by atoms with van der Waals surface area (Å²) in [5.41, 5.74) is 1.16. The highest BCUT2D eigenvalue weighted by molar-refractivity contribution is 8.01. The second kappa shape index (κ2) is 9.99. The van der Waals surface area contributed by atoms with Gasteiger partial charge < -0.3 is 14.9 Å². The van der Waals surface area contributed by atoms with E-state index in [9.17, 15) is 9.59 Å². The highest BCUT2D eigenvalue weighted by atomic mass is 32.2. The Balaban J connectivity index is 1.44. The third kappa shape index (κ3) is 5.76. The van der Waals surface area contributed by atoms with Crippen molar-refractivity contribution in [2.45, 2.75) is 29.6 Å². The third-order valence-electron chi connectivity index (χ3n) is 4.71. The van der Waals surface area contributed by atoms with Crippen LogP contribution < -0.4 is 0 Å². The summed E-state index contributed by atoms with van der Waals surface area (Å²) in [6, 6.07) is 6.18. The fraction of sp³-hybridized carbons (Fsp3) is 0.474. The molecule has 1 N–H and O–H groups in total. The molecule has 0 saturated carbocycles. The van der Waals surface area contributed by atoms with Crippen LogP contribution in [0.2, 0.25) is 0 Å². The Labute approximate surface area is 172 Å². The monoisotopic (exact) mass is 420 g/mol. The summed E-state index contributed by atoms with van der Waals surface area (Å²) >= 11 is 2.83. The minimum Gasteiger partial charge on any atom is -0.476 e. The molecule has 3 rings (SSSR count). The van der Waals surface area contributed by atoms with Crippen LogP contribution >= 0.6 is 23.1 Å². The van der Waals surface area contributed by atoms with Crippen LogP contribution in [-0.4, -0.2) is 75.2 Å². The SMILES string of the molecule is CN(CCc1ccccn1)C[C@H]1CCC(=O)N1CCSc1nc(C(=O)O)cs1. The summed E-state index contributed by atoms with van der Waals surface area (Å²) in [6.07, 6.45) is 4.19. The fourth-order valence-corrected chi connectivity index (χ4v) is 5.05. The van der Waals surface area contributed by atoms with Crippen molar-refractivity contribution in [2.24, 2.45) is 0 Å². The van der Waals surface area contributed by atoms with Gasteiger partial charge in [0.1, 0.15) is 0 Å². The summed E-state index contributed by atoms with van der Waals surface area (Å²) in [6.45, 7) is 2.41. The maximum absolute atomic E-state index is 12.3. The number of rotatable bonds is 10. The van der Waals surface area contributed by atoms with Crippen molar-refractivity contribution in [3.63, 3.8) is 0 Å². The zero-order chi connectivity index (χ0) is 19.9. The van der Waals surface area contributed by atoms with Gasteiger partial charge in [0.15, 0.2) is 10.0 Å². The molecular formula is C19H24N4O3S2. The molecule has 1 amide bonds. The smallest absolute Gasteiger partial charge is 0.355 e. The predicted molar refractivity (Wildman–Crippen MR) is 110 cm³/mol. The van der Waals surface area contributed by atoms with E-state index < -0.39 is 5.97 Å². The van der Waals surface area contributed by atoms with E-state index in [1.807, 2.05) is 29.3 Å². The molecule has 1 saturated heterocycles. The zero-order valence-corrected chi connectivity index (χ0v) is 17.4. The van der Waals surface area contributed by atoms with Crippen molar-refractivity contribution in [1.82, 2.24) is 19.8 Å². The molecule has 1 fully saturated rings. The number of amides is 1. The van der Waals surface area contributed by atoms with E-state index >= 15 is 0 Å². The van der Waals surface area contributed by atoms with E-state index in [2.05, 4.69) is 21.9 Å². The standard InChI is InChI=1S/C19H24N4O3S2/c1-22(9-7-14-4-2-3-8-20-14)12-15-5-6-17(24)23(15)10-11-27-19-21-16(13-28-19)18(25)26/h2-4,8,13,15H,5-7,9-12H2,1H3,(H,25,26)/t15-/m1/s1. The Hall–Kier alpha value is -1.97. The Morgan fingerprint density at radius 3 is 3.04 bits per heavy atom. The first-order chi connectivity index (χ1) is 13.5. The minimum atomic E-state index is -1.01. The number of carbonyl (C=O) groups excluding carboxylic acids is 1. The molecule has 2 aromatic rings. The molecule has 0 spiro atoms. The first-order valence-corrected chi connectivity index (χ1v) is 11.1. The maximum atomic E-state index is 12.3. The van der Waals surface area contributed by atoms with Crippen LogP contribution in [0, 0.1) is 0 Å². The average molecular weight is 421 g/mol. The van der Waals surface area contributed by atoms with E-state index in [4.69, 9.17) is 5.11 Å². The van der Waals surface area contributed by atoms with Gasteiger partial charge in [0.2, 0.25) is 5.91 Å². The molecule has 1 aliphatic rings. The Morgan fingerprint density at radius 2 is 2.32 bits per heavy atom. The average Bonchev–Trinajstić information content (AvgIpc) is 3.29. The number of carbonyl (C=O) groups is 2. The molecule has 1 aliphatic heterocycles. The molecule has 150 valence electrons. The molecule has 0 bridgehead atoms. The van der Waals surface area contributed by atoms with Crippen LogP contribution in [0.4, 0.5) is 0 Å². The fourth-order valence-electron chi connectivity index (χ4n) is 3.25. The number of hydrogen-bond donors (Lipinski definition) is 1. The number of nitrogens with zero attached hydrogens (tertiary/aromatic N) is 4. The number of likely N-dealkylation sites (N-methyl/N-ethyl adjacent to an activating group) is 1. The van der Waals surface area contributed by atoms with Gasteiger partial charge in [-0.3, -0.25) is 9.78 Å². The molecule has 1 atom stereocenters. The molecular weight excluding hydrogens is 396 g/mol. The highest BCUT2D eigenvalue weighted by Crippen LogP contribution is 2.25. The number of likely N-dealkylation sites (tertiary alicyclic amines) is 1. The summed E-state index contributed by atoms with van der Waals surface area (Å²) in [5, 5.41) is 10.5. The summed E-state index contributed by atoms with van der Waals surface area (Å²) in [4.78, 5) is 35.8. The van der Waals surface area contributed by atoms with Crippen molar-refractivity contribution < 1.29 is 14.7 Å². The second-order valence-electron chi connectivity index (χ2n) is 6.77. The maximum Gasteiger partial charge on any atom is 0.355 e. The molecule has 9 heteroatoms. The van der Waals surface area contributed by atoms with Gasteiger partial charge >= 0.3 is 5.97 Å². The summed E-state index contributed by atoms with van der Waals surface area (Å²) in [5.74, 6) is -0.0901. The van der Waals surface area contributed by atoms with E-state index in [0.717, 1.165) is 36.0 Å². The molecule has 7 nitrogen and oxygen atoms in total. The number of carboxylic acids is 1. The molecule has 3 heterocycles. The highest BCUT2D eigenvalue weighted by Gasteiger charge is 2.31. The van der Waals surface area contributed by atoms with Crippen LogP contribution in [0.1, 0.15) is 29.0 Å². The largest absolute Gasteiger partial charge is 0.476 e. The lowest BCUT2D eigenvalue weighted by Crippen LogP contribution is -2.42. The van der Waals surface area contributed by atoms with Crippen LogP contribution in [-0.2, 0) is 11.2 Å². The van der Waals surface area contributed by atoms with Crippen LogP contribution in [0.15, 0.2) is 34.1 Å². The van der Waals surface area contributed by atoms with E-state index in [1.165, 1.54) is 23.1 Å². The van der Waals surface area contributed by atoms with Crippen molar-refractivity contribution in [1.29, 1.82) is 0 Å². The first kappa shape index (κ1) is 20.8. The number of hydrogen-bond acceptors (Lipinski definition) is 7. The van der Waals surface area contributed by atoms with Crippen molar-refractivity contribution in [3.8, 4) is 0 Å². The normalized spacial score (nSPS) is 16.9. The van der Waals surface area contributed by atoms with Crippen molar-refractivity contribution >= 4 is 35.0 Å². The van der Waals surface area contributed by atoms with E-state index in [0.29, 0.717) is 18.7 Å². The van der Waals surface area contributed by atoms with E-state index in [-0.39, 0.29) is 17.6 Å². The molecule has 0 unspecified atom stereocenters. The van der Waals surface area contributed by atoms with Gasteiger partial charge in [0, 0.05) is 61.5 Å². The zero-order valence-electron chi connectivity index (χ0n) is 15.8. The molecule has 28 heavy (non-hydrogen) atoms. The van der Waals surface area contributed by atoms with Gasteiger partial charge in [0.05, 0.1) is 0 Å². The van der Waals surface area contributed by atoms with E-state index in [1.54, 1.807) is 5.38 Å².